The Hall–Kier alpha value is -2.75. The van der Waals surface area contributed by atoms with Crippen molar-refractivity contribution in [2.45, 2.75) is 80.4 Å². The Morgan fingerprint density at radius 3 is 2.13 bits per heavy atom. The molecule has 0 fully saturated rings. The molecule has 0 aromatic heterocycles. The predicted octanol–water partition coefficient (Wildman–Crippen LogP) is 6.62. The van der Waals surface area contributed by atoms with Crippen LogP contribution < -0.4 is 4.74 Å². The molecular weight excluding hydrogens is 388 g/mol. The fourth-order valence-electron chi connectivity index (χ4n) is 3.64. The van der Waals surface area contributed by atoms with E-state index in [1.807, 2.05) is 86.6 Å². The van der Waals surface area contributed by atoms with Gasteiger partial charge < -0.3 is 14.6 Å². The van der Waals surface area contributed by atoms with Crippen molar-refractivity contribution in [1.82, 2.24) is 0 Å². The maximum absolute atomic E-state index is 12.8. The molecule has 2 rings (SSSR count). The number of hydrogen-bond acceptors (Lipinski definition) is 4. The summed E-state index contributed by atoms with van der Waals surface area (Å²) in [6.45, 7) is 17.2. The zero-order valence-corrected chi connectivity index (χ0v) is 20.3. The number of hydrogen-bond donors (Lipinski definition) is 1. The van der Waals surface area contributed by atoms with Crippen molar-refractivity contribution in [2.24, 2.45) is 0 Å². The molecule has 0 saturated heterocycles. The second kappa shape index (κ2) is 9.59. The molecule has 0 bridgehead atoms. The lowest BCUT2D eigenvalue weighted by atomic mass is 9.96. The molecule has 0 aliphatic carbocycles. The normalized spacial score (nSPS) is 11.9. The molecule has 0 aliphatic rings. The minimum atomic E-state index is -0.562. The lowest BCUT2D eigenvalue weighted by Gasteiger charge is -2.23. The summed E-state index contributed by atoms with van der Waals surface area (Å²) < 4.78 is 11.7. The molecule has 0 atom stereocenters. The largest absolute Gasteiger partial charge is 0.507 e. The summed E-state index contributed by atoms with van der Waals surface area (Å²) in [5, 5.41) is 9.98. The number of benzene rings is 2. The second-order valence-corrected chi connectivity index (χ2v) is 9.47. The van der Waals surface area contributed by atoms with Gasteiger partial charge in [-0.2, -0.15) is 0 Å². The number of carbonyl (C=O) groups excluding carboxylic acids is 1. The highest BCUT2D eigenvalue weighted by Crippen LogP contribution is 2.33. The number of phenols is 1. The van der Waals surface area contributed by atoms with Crippen LogP contribution in [0.15, 0.2) is 24.3 Å². The van der Waals surface area contributed by atoms with Crippen molar-refractivity contribution in [2.75, 3.05) is 0 Å². The van der Waals surface area contributed by atoms with E-state index in [0.29, 0.717) is 17.1 Å². The molecule has 4 heteroatoms. The minimum Gasteiger partial charge on any atom is -0.507 e. The fraction of sp³-hybridized carbons (Fsp3) is 0.444. The van der Waals surface area contributed by atoms with Gasteiger partial charge in [0.2, 0.25) is 0 Å². The summed E-state index contributed by atoms with van der Waals surface area (Å²) in [6.07, 6.45) is 4.82. The zero-order chi connectivity index (χ0) is 23.5. The Morgan fingerprint density at radius 1 is 1.03 bits per heavy atom. The molecule has 0 spiro atoms. The van der Waals surface area contributed by atoms with Crippen molar-refractivity contribution in [1.29, 1.82) is 0 Å². The topological polar surface area (TPSA) is 55.8 Å². The molecule has 168 valence electrons. The zero-order valence-electron chi connectivity index (χ0n) is 20.3. The van der Waals surface area contributed by atoms with Gasteiger partial charge >= 0.3 is 5.97 Å². The van der Waals surface area contributed by atoms with Crippen LogP contribution in [-0.4, -0.2) is 22.8 Å². The van der Waals surface area contributed by atoms with Crippen LogP contribution in [0.2, 0.25) is 0 Å². The van der Waals surface area contributed by atoms with Crippen LogP contribution >= 0.6 is 0 Å². The summed E-state index contributed by atoms with van der Waals surface area (Å²) in [5.74, 6) is 0.724. The van der Waals surface area contributed by atoms with Crippen LogP contribution in [0.25, 0.3) is 6.08 Å². The van der Waals surface area contributed by atoms with E-state index in [1.54, 1.807) is 0 Å². The van der Waals surface area contributed by atoms with E-state index in [9.17, 15) is 9.90 Å². The van der Waals surface area contributed by atoms with Crippen LogP contribution in [0, 0.1) is 27.7 Å². The van der Waals surface area contributed by atoms with Crippen molar-refractivity contribution in [3.05, 3.63) is 63.2 Å². The van der Waals surface area contributed by atoms with Gasteiger partial charge in [-0.1, -0.05) is 24.3 Å². The van der Waals surface area contributed by atoms with E-state index in [2.05, 4.69) is 6.08 Å². The Kier molecular flexibility index (Phi) is 7.58. The highest BCUT2D eigenvalue weighted by molar-refractivity contribution is 5.94. The number of aryl methyl sites for hydroxylation is 3. The van der Waals surface area contributed by atoms with Gasteiger partial charge in [-0.15, -0.1) is 0 Å². The smallest absolute Gasteiger partial charge is 0.339 e. The van der Waals surface area contributed by atoms with Crippen LogP contribution in [0.1, 0.15) is 78.4 Å². The quantitative estimate of drug-likeness (QED) is 0.529. The van der Waals surface area contributed by atoms with Crippen molar-refractivity contribution >= 4 is 12.0 Å². The first-order valence-corrected chi connectivity index (χ1v) is 10.8. The summed E-state index contributed by atoms with van der Waals surface area (Å²) in [7, 11) is 0. The van der Waals surface area contributed by atoms with Gasteiger partial charge in [-0.3, -0.25) is 0 Å². The number of rotatable bonds is 6. The average molecular weight is 425 g/mol. The van der Waals surface area contributed by atoms with Gasteiger partial charge in [-0.05, 0) is 97.1 Å². The molecule has 1 N–H and O–H groups in total. The third-order valence-corrected chi connectivity index (χ3v) is 4.90. The highest BCUT2D eigenvalue weighted by atomic mass is 16.6. The molecule has 0 unspecified atom stereocenters. The highest BCUT2D eigenvalue weighted by Gasteiger charge is 2.24. The van der Waals surface area contributed by atoms with Crippen molar-refractivity contribution < 1.29 is 19.4 Å². The van der Waals surface area contributed by atoms with Crippen LogP contribution in [0.4, 0.5) is 0 Å². The van der Waals surface area contributed by atoms with E-state index < -0.39 is 5.60 Å². The second-order valence-electron chi connectivity index (χ2n) is 9.47. The molecule has 0 radical (unpaired) electrons. The number of aromatic hydroxyl groups is 1. The number of ether oxygens (including phenoxy) is 2. The molecule has 31 heavy (non-hydrogen) atoms. The lowest BCUT2D eigenvalue weighted by Crippen LogP contribution is -2.25. The van der Waals surface area contributed by atoms with Crippen molar-refractivity contribution in [3.8, 4) is 11.5 Å². The van der Waals surface area contributed by atoms with Crippen LogP contribution in [-0.2, 0) is 11.2 Å². The number of esters is 1. The summed E-state index contributed by atoms with van der Waals surface area (Å²) in [6, 6.07) is 5.98. The van der Waals surface area contributed by atoms with Crippen LogP contribution in [0.5, 0.6) is 11.5 Å². The minimum absolute atomic E-state index is 0.0255. The Labute approximate surface area is 186 Å². The molecule has 0 saturated carbocycles. The summed E-state index contributed by atoms with van der Waals surface area (Å²) in [5.41, 5.74) is 5.47. The molecule has 0 heterocycles. The molecule has 4 nitrogen and oxygen atoms in total. The first-order valence-electron chi connectivity index (χ1n) is 10.8. The lowest BCUT2D eigenvalue weighted by molar-refractivity contribution is 0.00672. The summed E-state index contributed by atoms with van der Waals surface area (Å²) >= 11 is 0. The number of carbonyl (C=O) groups is 1. The summed E-state index contributed by atoms with van der Waals surface area (Å²) in [4.78, 5) is 12.8. The van der Waals surface area contributed by atoms with E-state index >= 15 is 0 Å². The number of phenolic OH excluding ortho intramolecular Hbond substituents is 1. The van der Waals surface area contributed by atoms with Crippen LogP contribution in [0.3, 0.4) is 0 Å². The van der Waals surface area contributed by atoms with Crippen molar-refractivity contribution in [3.63, 3.8) is 0 Å². The van der Waals surface area contributed by atoms with E-state index in [-0.39, 0.29) is 12.1 Å². The molecule has 2 aromatic carbocycles. The fourth-order valence-corrected chi connectivity index (χ4v) is 3.64. The Balaban J connectivity index is 2.42. The van der Waals surface area contributed by atoms with Gasteiger partial charge in [0.15, 0.2) is 0 Å². The maximum Gasteiger partial charge on any atom is 0.339 e. The molecular formula is C27H36O4. The van der Waals surface area contributed by atoms with Gasteiger partial charge in [0.1, 0.15) is 17.1 Å². The van der Waals surface area contributed by atoms with Gasteiger partial charge in [0, 0.05) is 11.1 Å². The van der Waals surface area contributed by atoms with Gasteiger partial charge in [0.05, 0.1) is 11.7 Å². The standard InChI is InChI=1S/C27H36O4/c1-16(2)30-25-20(6)23(26(29)31-27(7,8)9)17(3)15-22(25)12-10-11-21-13-18(4)24(28)19(5)14-21/h10,12-16,28H,11H2,1-9H3. The monoisotopic (exact) mass is 424 g/mol. The maximum atomic E-state index is 12.8. The predicted molar refractivity (Wildman–Crippen MR) is 127 cm³/mol. The van der Waals surface area contributed by atoms with E-state index in [4.69, 9.17) is 9.47 Å². The number of allylic oxidation sites excluding steroid dienone is 1. The Morgan fingerprint density at radius 2 is 1.61 bits per heavy atom. The van der Waals surface area contributed by atoms with E-state index in [1.165, 1.54) is 0 Å². The molecule has 2 aromatic rings. The van der Waals surface area contributed by atoms with E-state index in [0.717, 1.165) is 39.8 Å². The molecule has 0 aliphatic heterocycles. The first kappa shape index (κ1) is 24.5. The average Bonchev–Trinajstić information content (AvgIpc) is 2.60. The SMILES string of the molecule is Cc1cc(CC=Cc2cc(C)c(C(=O)OC(C)(C)C)c(C)c2OC(C)C)cc(C)c1O. The van der Waals surface area contributed by atoms with Gasteiger partial charge in [-0.25, -0.2) is 4.79 Å². The Bertz CT molecular complexity index is 968. The van der Waals surface area contributed by atoms with Gasteiger partial charge in [0.25, 0.3) is 0 Å². The third kappa shape index (κ3) is 6.36. The first-order chi connectivity index (χ1) is 14.3. The molecule has 0 amide bonds. The third-order valence-electron chi connectivity index (χ3n) is 4.90.